The minimum absolute atomic E-state index is 0.559. The summed E-state index contributed by atoms with van der Waals surface area (Å²) in [7, 11) is 1.67. The maximum atomic E-state index is 6.09. The van der Waals surface area contributed by atoms with E-state index in [9.17, 15) is 0 Å². The highest BCUT2D eigenvalue weighted by atomic mass is 35.5. The Morgan fingerprint density at radius 3 is 2.76 bits per heavy atom. The Morgan fingerprint density at radius 1 is 1.14 bits per heavy atom. The number of methoxy groups -OCH3 is 1. The van der Waals surface area contributed by atoms with E-state index in [0.29, 0.717) is 11.6 Å². The van der Waals surface area contributed by atoms with E-state index in [1.54, 1.807) is 7.11 Å². The molecule has 0 radical (unpaired) electrons. The fraction of sp³-hybridized carbons (Fsp3) is 0.176. The summed E-state index contributed by atoms with van der Waals surface area (Å²) in [5.41, 5.74) is 9.06. The van der Waals surface area contributed by atoms with Crippen LogP contribution < -0.4 is 10.5 Å². The summed E-state index contributed by atoms with van der Waals surface area (Å²) in [4.78, 5) is 0. The average Bonchev–Trinajstić information content (AvgIpc) is 2.90. The van der Waals surface area contributed by atoms with Crippen molar-refractivity contribution in [1.29, 1.82) is 0 Å². The van der Waals surface area contributed by atoms with Gasteiger partial charge in [-0.2, -0.15) is 0 Å². The van der Waals surface area contributed by atoms with Crippen LogP contribution in [0.1, 0.15) is 11.1 Å². The van der Waals surface area contributed by atoms with Gasteiger partial charge < -0.3 is 15.0 Å². The van der Waals surface area contributed by atoms with Crippen LogP contribution in [0.3, 0.4) is 0 Å². The van der Waals surface area contributed by atoms with E-state index in [1.165, 1.54) is 10.9 Å². The smallest absolute Gasteiger partial charge is 0.123 e. The molecule has 0 fully saturated rings. The second-order valence-electron chi connectivity index (χ2n) is 5.00. The number of hydrogen-bond acceptors (Lipinski definition) is 2. The third-order valence-corrected chi connectivity index (χ3v) is 3.89. The number of nitrogens with zero attached hydrogens (tertiary/aromatic N) is 1. The second-order valence-corrected chi connectivity index (χ2v) is 5.43. The first kappa shape index (κ1) is 14.0. The molecule has 0 aliphatic rings. The molecule has 0 aliphatic carbocycles. The molecule has 3 aromatic rings. The number of hydrogen-bond donors (Lipinski definition) is 1. The number of nitrogens with two attached hydrogens (primary N) is 1. The van der Waals surface area contributed by atoms with E-state index >= 15 is 0 Å². The molecule has 0 unspecified atom stereocenters. The van der Waals surface area contributed by atoms with Crippen molar-refractivity contribution in [2.45, 2.75) is 13.1 Å². The van der Waals surface area contributed by atoms with Gasteiger partial charge >= 0.3 is 0 Å². The molecule has 1 heterocycles. The molecule has 0 amide bonds. The Morgan fingerprint density at radius 2 is 2.00 bits per heavy atom. The zero-order valence-electron chi connectivity index (χ0n) is 11.8. The van der Waals surface area contributed by atoms with E-state index in [1.807, 2.05) is 18.2 Å². The summed E-state index contributed by atoms with van der Waals surface area (Å²) in [5.74, 6) is 0.847. The predicted octanol–water partition coefficient (Wildman–Crippen LogP) is 3.81. The van der Waals surface area contributed by atoms with E-state index in [4.69, 9.17) is 22.1 Å². The molecule has 0 aliphatic heterocycles. The number of ether oxygens (including phenoxy) is 1. The maximum absolute atomic E-state index is 6.09. The number of fused-ring (bicyclic) bond motifs is 1. The molecule has 3 rings (SSSR count). The summed E-state index contributed by atoms with van der Waals surface area (Å²) >= 11 is 6.09. The SMILES string of the molecule is COc1ccc(Cl)cc1Cn1ccc2cc(CN)ccc21. The van der Waals surface area contributed by atoms with Crippen LogP contribution >= 0.6 is 11.6 Å². The average molecular weight is 301 g/mol. The zero-order valence-corrected chi connectivity index (χ0v) is 12.6. The van der Waals surface area contributed by atoms with Crippen LogP contribution in [0.4, 0.5) is 0 Å². The van der Waals surface area contributed by atoms with Gasteiger partial charge in [-0.15, -0.1) is 0 Å². The minimum atomic E-state index is 0.559. The van der Waals surface area contributed by atoms with Crippen LogP contribution in [-0.2, 0) is 13.1 Å². The van der Waals surface area contributed by atoms with Crippen molar-refractivity contribution >= 4 is 22.5 Å². The van der Waals surface area contributed by atoms with Crippen molar-refractivity contribution in [3.05, 3.63) is 64.8 Å². The molecule has 2 N–H and O–H groups in total. The molecule has 4 heteroatoms. The van der Waals surface area contributed by atoms with Crippen molar-refractivity contribution in [2.75, 3.05) is 7.11 Å². The van der Waals surface area contributed by atoms with Crippen LogP contribution in [0.5, 0.6) is 5.75 Å². The molecule has 3 nitrogen and oxygen atoms in total. The van der Waals surface area contributed by atoms with Gasteiger partial charge in [0, 0.05) is 28.8 Å². The molecular formula is C17H17ClN2O. The molecule has 0 saturated heterocycles. The number of rotatable bonds is 4. The molecule has 0 saturated carbocycles. The topological polar surface area (TPSA) is 40.2 Å². The highest BCUT2D eigenvalue weighted by Gasteiger charge is 2.07. The monoisotopic (exact) mass is 300 g/mol. The quantitative estimate of drug-likeness (QED) is 0.796. The van der Waals surface area contributed by atoms with Crippen LogP contribution in [0.25, 0.3) is 10.9 Å². The lowest BCUT2D eigenvalue weighted by Crippen LogP contribution is -2.01. The van der Waals surface area contributed by atoms with Crippen LogP contribution in [-0.4, -0.2) is 11.7 Å². The van der Waals surface area contributed by atoms with Gasteiger partial charge in [0.25, 0.3) is 0 Å². The first-order valence-corrected chi connectivity index (χ1v) is 7.19. The fourth-order valence-corrected chi connectivity index (χ4v) is 2.76. The molecule has 0 bridgehead atoms. The third kappa shape index (κ3) is 2.75. The summed E-state index contributed by atoms with van der Waals surface area (Å²) in [6, 6.07) is 14.1. The van der Waals surface area contributed by atoms with Gasteiger partial charge in [0.2, 0.25) is 0 Å². The normalized spacial score (nSPS) is 11.0. The predicted molar refractivity (Wildman–Crippen MR) is 86.9 cm³/mol. The van der Waals surface area contributed by atoms with Gasteiger partial charge in [0.1, 0.15) is 5.75 Å². The van der Waals surface area contributed by atoms with Crippen LogP contribution in [0, 0.1) is 0 Å². The van der Waals surface area contributed by atoms with Crippen molar-refractivity contribution in [3.63, 3.8) is 0 Å². The summed E-state index contributed by atoms with van der Waals surface area (Å²) < 4.78 is 7.59. The first-order chi connectivity index (χ1) is 10.2. The molecule has 2 aromatic carbocycles. The molecule has 1 aromatic heterocycles. The highest BCUT2D eigenvalue weighted by molar-refractivity contribution is 6.30. The first-order valence-electron chi connectivity index (χ1n) is 6.81. The van der Waals surface area contributed by atoms with Crippen molar-refractivity contribution in [3.8, 4) is 5.75 Å². The van der Waals surface area contributed by atoms with Gasteiger partial charge in [-0.05, 0) is 47.3 Å². The van der Waals surface area contributed by atoms with Gasteiger partial charge in [-0.3, -0.25) is 0 Å². The van der Waals surface area contributed by atoms with E-state index < -0.39 is 0 Å². The fourth-order valence-electron chi connectivity index (χ4n) is 2.57. The van der Waals surface area contributed by atoms with E-state index in [-0.39, 0.29) is 0 Å². The standard InChI is InChI=1S/C17H17ClN2O/c1-21-17-5-3-15(18)9-14(17)11-20-7-6-13-8-12(10-19)2-4-16(13)20/h2-9H,10-11,19H2,1H3. The maximum Gasteiger partial charge on any atom is 0.123 e. The van der Waals surface area contributed by atoms with Crippen LogP contribution in [0.15, 0.2) is 48.7 Å². The third-order valence-electron chi connectivity index (χ3n) is 3.65. The largest absolute Gasteiger partial charge is 0.496 e. The lowest BCUT2D eigenvalue weighted by molar-refractivity contribution is 0.408. The van der Waals surface area contributed by atoms with Crippen LogP contribution in [0.2, 0.25) is 5.02 Å². The minimum Gasteiger partial charge on any atom is -0.496 e. The van der Waals surface area contributed by atoms with Crippen molar-refractivity contribution in [2.24, 2.45) is 5.73 Å². The molecule has 0 spiro atoms. The lowest BCUT2D eigenvalue weighted by Gasteiger charge is -2.11. The van der Waals surface area contributed by atoms with Gasteiger partial charge in [0.05, 0.1) is 13.7 Å². The Kier molecular flexibility index (Phi) is 3.86. The molecular weight excluding hydrogens is 284 g/mol. The Labute approximate surface area is 128 Å². The van der Waals surface area contributed by atoms with Crippen molar-refractivity contribution in [1.82, 2.24) is 4.57 Å². The number of benzene rings is 2. The summed E-state index contributed by atoms with van der Waals surface area (Å²) in [5, 5.41) is 1.91. The van der Waals surface area contributed by atoms with E-state index in [2.05, 4.69) is 35.0 Å². The second kappa shape index (κ2) is 5.80. The Bertz CT molecular complexity index is 780. The van der Waals surface area contributed by atoms with Gasteiger partial charge in [0.15, 0.2) is 0 Å². The number of aromatic nitrogens is 1. The molecule has 108 valence electrons. The zero-order chi connectivity index (χ0) is 14.8. The highest BCUT2D eigenvalue weighted by Crippen LogP contribution is 2.25. The Balaban J connectivity index is 2.00. The summed E-state index contributed by atoms with van der Waals surface area (Å²) in [6.07, 6.45) is 2.07. The lowest BCUT2D eigenvalue weighted by atomic mass is 10.1. The number of halogens is 1. The van der Waals surface area contributed by atoms with Gasteiger partial charge in [-0.1, -0.05) is 17.7 Å². The van der Waals surface area contributed by atoms with Crippen molar-refractivity contribution < 1.29 is 4.74 Å². The Hall–Kier alpha value is -1.97. The van der Waals surface area contributed by atoms with Gasteiger partial charge in [-0.25, -0.2) is 0 Å². The summed E-state index contributed by atoms with van der Waals surface area (Å²) in [6.45, 7) is 1.28. The molecule has 21 heavy (non-hydrogen) atoms. The van der Waals surface area contributed by atoms with E-state index in [0.717, 1.165) is 23.4 Å². The molecule has 0 atom stereocenters.